The molecule has 0 amide bonds. The van der Waals surface area contributed by atoms with E-state index in [4.69, 9.17) is 9.05 Å². The van der Waals surface area contributed by atoms with Crippen LogP contribution in [0.2, 0.25) is 0 Å². The second kappa shape index (κ2) is 5.94. The highest BCUT2D eigenvalue weighted by Gasteiger charge is 2.29. The maximum absolute atomic E-state index is 12.3. The first-order valence-electron chi connectivity index (χ1n) is 6.32. The van der Waals surface area contributed by atoms with Gasteiger partial charge in [-0.1, -0.05) is 45.6 Å². The highest BCUT2D eigenvalue weighted by atomic mass is 31.2. The second-order valence-electron chi connectivity index (χ2n) is 5.75. The standard InChI is InChI=1S/C15H23O3P/c1-7-13-8-10-14(11-9-13)18-19(6,16)17-12(2)15(3,4)5/h7-12H,1H2,2-6H3. The van der Waals surface area contributed by atoms with Gasteiger partial charge in [0, 0.05) is 6.66 Å². The smallest absolute Gasteiger partial charge is 0.376 e. The van der Waals surface area contributed by atoms with Crippen molar-refractivity contribution >= 4 is 13.7 Å². The molecule has 0 N–H and O–H groups in total. The first-order chi connectivity index (χ1) is 8.64. The van der Waals surface area contributed by atoms with Crippen LogP contribution in [0, 0.1) is 5.41 Å². The highest BCUT2D eigenvalue weighted by Crippen LogP contribution is 2.47. The Morgan fingerprint density at radius 2 is 1.79 bits per heavy atom. The van der Waals surface area contributed by atoms with E-state index in [1.165, 1.54) is 6.66 Å². The molecule has 106 valence electrons. The van der Waals surface area contributed by atoms with Crippen molar-refractivity contribution in [2.75, 3.05) is 6.66 Å². The summed E-state index contributed by atoms with van der Waals surface area (Å²) in [7, 11) is -3.12. The van der Waals surface area contributed by atoms with Crippen molar-refractivity contribution in [3.63, 3.8) is 0 Å². The topological polar surface area (TPSA) is 35.5 Å². The molecule has 1 aromatic carbocycles. The van der Waals surface area contributed by atoms with Gasteiger partial charge < -0.3 is 4.52 Å². The van der Waals surface area contributed by atoms with Crippen LogP contribution in [-0.2, 0) is 9.09 Å². The Balaban J connectivity index is 2.73. The minimum Gasteiger partial charge on any atom is -0.425 e. The Morgan fingerprint density at radius 1 is 1.26 bits per heavy atom. The van der Waals surface area contributed by atoms with Crippen LogP contribution in [-0.4, -0.2) is 12.8 Å². The summed E-state index contributed by atoms with van der Waals surface area (Å²) < 4.78 is 23.4. The van der Waals surface area contributed by atoms with E-state index >= 15 is 0 Å². The van der Waals surface area contributed by atoms with E-state index in [9.17, 15) is 4.57 Å². The predicted octanol–water partition coefficient (Wildman–Crippen LogP) is 4.98. The van der Waals surface area contributed by atoms with Gasteiger partial charge in [0.1, 0.15) is 5.75 Å². The highest BCUT2D eigenvalue weighted by molar-refractivity contribution is 7.53. The molecular weight excluding hydrogens is 259 g/mol. The Labute approximate surface area is 116 Å². The molecule has 0 fully saturated rings. The van der Waals surface area contributed by atoms with Gasteiger partial charge in [-0.05, 0) is 30.0 Å². The fourth-order valence-electron chi connectivity index (χ4n) is 1.32. The first kappa shape index (κ1) is 16.0. The minimum atomic E-state index is -3.12. The third-order valence-electron chi connectivity index (χ3n) is 2.96. The molecule has 1 rings (SSSR count). The third kappa shape index (κ3) is 5.22. The maximum atomic E-state index is 12.3. The molecule has 0 aliphatic heterocycles. The molecule has 0 radical (unpaired) electrons. The zero-order chi connectivity index (χ0) is 14.7. The lowest BCUT2D eigenvalue weighted by Crippen LogP contribution is -2.25. The summed E-state index contributed by atoms with van der Waals surface area (Å²) in [5, 5.41) is 0. The summed E-state index contributed by atoms with van der Waals surface area (Å²) in [6, 6.07) is 7.24. The van der Waals surface area contributed by atoms with E-state index in [2.05, 4.69) is 6.58 Å². The average molecular weight is 282 g/mol. The van der Waals surface area contributed by atoms with Crippen molar-refractivity contribution in [3.8, 4) is 5.75 Å². The third-order valence-corrected chi connectivity index (χ3v) is 4.20. The van der Waals surface area contributed by atoms with Crippen LogP contribution in [0.4, 0.5) is 0 Å². The number of hydrogen-bond acceptors (Lipinski definition) is 3. The van der Waals surface area contributed by atoms with E-state index in [0.29, 0.717) is 5.75 Å². The van der Waals surface area contributed by atoms with Gasteiger partial charge in [-0.25, -0.2) is 4.57 Å². The van der Waals surface area contributed by atoms with Crippen molar-refractivity contribution in [2.24, 2.45) is 5.41 Å². The average Bonchev–Trinajstić information content (AvgIpc) is 2.27. The molecule has 0 spiro atoms. The van der Waals surface area contributed by atoms with Crippen LogP contribution < -0.4 is 4.52 Å². The van der Waals surface area contributed by atoms with Gasteiger partial charge in [-0.3, -0.25) is 4.52 Å². The lowest BCUT2D eigenvalue weighted by Gasteiger charge is -2.29. The predicted molar refractivity (Wildman–Crippen MR) is 80.7 cm³/mol. The van der Waals surface area contributed by atoms with Crippen LogP contribution in [0.15, 0.2) is 30.8 Å². The Bertz CT molecular complexity index is 471. The van der Waals surface area contributed by atoms with Crippen LogP contribution in [0.1, 0.15) is 33.3 Å². The zero-order valence-corrected chi connectivity index (χ0v) is 13.2. The summed E-state index contributed by atoms with van der Waals surface area (Å²) >= 11 is 0. The molecule has 19 heavy (non-hydrogen) atoms. The molecule has 4 heteroatoms. The monoisotopic (exact) mass is 282 g/mol. The van der Waals surface area contributed by atoms with Gasteiger partial charge >= 0.3 is 7.60 Å². The normalized spacial score (nSPS) is 16.5. The molecule has 0 aliphatic rings. The fraction of sp³-hybridized carbons (Fsp3) is 0.467. The molecule has 0 bridgehead atoms. The van der Waals surface area contributed by atoms with Crippen LogP contribution in [0.5, 0.6) is 5.75 Å². The lowest BCUT2D eigenvalue weighted by atomic mass is 9.91. The van der Waals surface area contributed by atoms with E-state index < -0.39 is 7.60 Å². The van der Waals surface area contributed by atoms with Crippen LogP contribution in [0.25, 0.3) is 6.08 Å². The van der Waals surface area contributed by atoms with Crippen molar-refractivity contribution in [1.29, 1.82) is 0 Å². The molecule has 0 aliphatic carbocycles. The Hall–Kier alpha value is -1.05. The Morgan fingerprint density at radius 3 is 2.21 bits per heavy atom. The van der Waals surface area contributed by atoms with Gasteiger partial charge in [-0.15, -0.1) is 0 Å². The molecule has 0 heterocycles. The molecule has 2 unspecified atom stereocenters. The number of hydrogen-bond donors (Lipinski definition) is 0. The fourth-order valence-corrected chi connectivity index (χ4v) is 2.76. The van der Waals surface area contributed by atoms with Crippen LogP contribution in [0.3, 0.4) is 0 Å². The minimum absolute atomic E-state index is 0.0816. The summed E-state index contributed by atoms with van der Waals surface area (Å²) in [6.07, 6.45) is 1.59. The summed E-state index contributed by atoms with van der Waals surface area (Å²) in [6.45, 7) is 13.2. The van der Waals surface area contributed by atoms with Crippen molar-refractivity contribution < 1.29 is 13.6 Å². The lowest BCUT2D eigenvalue weighted by molar-refractivity contribution is 0.0934. The quantitative estimate of drug-likeness (QED) is 0.714. The summed E-state index contributed by atoms with van der Waals surface area (Å²) in [4.78, 5) is 0. The largest absolute Gasteiger partial charge is 0.425 e. The molecule has 1 aromatic rings. The second-order valence-corrected chi connectivity index (χ2v) is 7.69. The first-order valence-corrected chi connectivity index (χ1v) is 8.31. The number of rotatable bonds is 5. The zero-order valence-electron chi connectivity index (χ0n) is 12.3. The molecule has 2 atom stereocenters. The molecular formula is C15H23O3P. The van der Waals surface area contributed by atoms with Crippen molar-refractivity contribution in [2.45, 2.75) is 33.8 Å². The number of benzene rings is 1. The summed E-state index contributed by atoms with van der Waals surface area (Å²) in [5.41, 5.74) is 0.907. The van der Waals surface area contributed by atoms with Gasteiger partial charge in [0.15, 0.2) is 0 Å². The van der Waals surface area contributed by atoms with E-state index in [-0.39, 0.29) is 11.5 Å². The van der Waals surface area contributed by atoms with Gasteiger partial charge in [-0.2, -0.15) is 0 Å². The van der Waals surface area contributed by atoms with E-state index in [1.807, 2.05) is 39.8 Å². The molecule has 3 nitrogen and oxygen atoms in total. The van der Waals surface area contributed by atoms with Gasteiger partial charge in [0.2, 0.25) is 0 Å². The van der Waals surface area contributed by atoms with Crippen molar-refractivity contribution in [3.05, 3.63) is 36.4 Å². The van der Waals surface area contributed by atoms with E-state index in [0.717, 1.165) is 5.56 Å². The Kier molecular flexibility index (Phi) is 5.00. The van der Waals surface area contributed by atoms with Gasteiger partial charge in [0.05, 0.1) is 6.10 Å². The van der Waals surface area contributed by atoms with Crippen LogP contribution >= 0.6 is 7.60 Å². The molecule has 0 aromatic heterocycles. The molecule has 0 saturated heterocycles. The van der Waals surface area contributed by atoms with Crippen molar-refractivity contribution in [1.82, 2.24) is 0 Å². The van der Waals surface area contributed by atoms with E-state index in [1.54, 1.807) is 18.2 Å². The van der Waals surface area contributed by atoms with Gasteiger partial charge in [0.25, 0.3) is 0 Å². The molecule has 0 saturated carbocycles. The SMILES string of the molecule is C=Cc1ccc(OP(C)(=O)OC(C)C(C)(C)C)cc1. The summed E-state index contributed by atoms with van der Waals surface area (Å²) in [5.74, 6) is 0.539. The maximum Gasteiger partial charge on any atom is 0.376 e.